The van der Waals surface area contributed by atoms with E-state index in [2.05, 4.69) is 20.1 Å². The maximum Gasteiger partial charge on any atom is 0.232 e. The minimum Gasteiger partial charge on any atom is -0.347 e. The zero-order valence-corrected chi connectivity index (χ0v) is 19.6. The van der Waals surface area contributed by atoms with Crippen molar-refractivity contribution in [3.8, 4) is 0 Å². The van der Waals surface area contributed by atoms with E-state index in [9.17, 15) is 14.0 Å². The Morgan fingerprint density at radius 1 is 1.18 bits per heavy atom. The molecule has 0 saturated carbocycles. The van der Waals surface area contributed by atoms with Gasteiger partial charge in [0.1, 0.15) is 11.6 Å². The Labute approximate surface area is 198 Å². The van der Waals surface area contributed by atoms with Gasteiger partial charge in [-0.2, -0.15) is 0 Å². The lowest BCUT2D eigenvalue weighted by Crippen LogP contribution is -2.17. The largest absolute Gasteiger partial charge is 0.347 e. The number of hydrogen-bond donors (Lipinski definition) is 1. The molecule has 7 nitrogen and oxygen atoms in total. The SMILES string of the molecule is CCn1cc(C(=O)CSc2nnc(CC(=O)Nc3ccc(F)c(Cl)c3)n2C)c2ccccc21. The highest BCUT2D eigenvalue weighted by Gasteiger charge is 2.18. The molecule has 0 aliphatic rings. The molecule has 170 valence electrons. The van der Waals surface area contributed by atoms with E-state index < -0.39 is 5.82 Å². The number of aryl methyl sites for hydroxylation is 1. The first kappa shape index (κ1) is 23.0. The molecule has 1 amide bonds. The van der Waals surface area contributed by atoms with Gasteiger partial charge in [-0.15, -0.1) is 10.2 Å². The van der Waals surface area contributed by atoms with Gasteiger partial charge in [0.2, 0.25) is 5.91 Å². The normalized spacial score (nSPS) is 11.2. The van der Waals surface area contributed by atoms with Crippen molar-refractivity contribution in [3.05, 3.63) is 70.9 Å². The van der Waals surface area contributed by atoms with E-state index in [4.69, 9.17) is 11.6 Å². The summed E-state index contributed by atoms with van der Waals surface area (Å²) in [7, 11) is 1.74. The average molecular weight is 486 g/mol. The van der Waals surface area contributed by atoms with E-state index in [1.807, 2.05) is 37.4 Å². The second kappa shape index (κ2) is 9.76. The van der Waals surface area contributed by atoms with Crippen molar-refractivity contribution in [2.75, 3.05) is 11.1 Å². The summed E-state index contributed by atoms with van der Waals surface area (Å²) in [6.45, 7) is 2.82. The smallest absolute Gasteiger partial charge is 0.232 e. The minimum absolute atomic E-state index is 0.00104. The van der Waals surface area contributed by atoms with Gasteiger partial charge in [0.25, 0.3) is 0 Å². The molecule has 0 saturated heterocycles. The van der Waals surface area contributed by atoms with Crippen molar-refractivity contribution in [2.45, 2.75) is 25.0 Å². The molecule has 2 heterocycles. The van der Waals surface area contributed by atoms with Crippen LogP contribution in [0.25, 0.3) is 10.9 Å². The van der Waals surface area contributed by atoms with Crippen LogP contribution in [0.2, 0.25) is 5.02 Å². The van der Waals surface area contributed by atoms with E-state index in [-0.39, 0.29) is 28.9 Å². The van der Waals surface area contributed by atoms with Gasteiger partial charge in [0, 0.05) is 41.9 Å². The Kier molecular flexibility index (Phi) is 6.80. The van der Waals surface area contributed by atoms with Gasteiger partial charge in [0.05, 0.1) is 17.2 Å². The number of carbonyl (C=O) groups excluding carboxylic acids is 2. The Bertz CT molecular complexity index is 1350. The van der Waals surface area contributed by atoms with Gasteiger partial charge < -0.3 is 14.5 Å². The molecular weight excluding hydrogens is 465 g/mol. The first-order valence-corrected chi connectivity index (χ1v) is 11.6. The fourth-order valence-electron chi connectivity index (χ4n) is 3.49. The second-order valence-electron chi connectivity index (χ2n) is 7.37. The van der Waals surface area contributed by atoms with Gasteiger partial charge in [-0.1, -0.05) is 41.6 Å². The summed E-state index contributed by atoms with van der Waals surface area (Å²) < 4.78 is 17.0. The van der Waals surface area contributed by atoms with Crippen LogP contribution in [0.5, 0.6) is 0 Å². The molecule has 0 aliphatic carbocycles. The number of nitrogens with one attached hydrogen (secondary N) is 1. The number of halogens is 2. The lowest BCUT2D eigenvalue weighted by molar-refractivity contribution is -0.115. The Hall–Kier alpha value is -3.17. The standard InChI is InChI=1S/C23H21ClFN5O2S/c1-3-30-12-16(15-6-4-5-7-19(15)30)20(31)13-33-23-28-27-21(29(23)2)11-22(32)26-14-8-9-18(25)17(24)10-14/h4-10,12H,3,11,13H2,1-2H3,(H,26,32). The summed E-state index contributed by atoms with van der Waals surface area (Å²) in [6.07, 6.45) is 1.86. The van der Waals surface area contributed by atoms with Crippen LogP contribution < -0.4 is 5.32 Å². The van der Waals surface area contributed by atoms with Gasteiger partial charge in [0.15, 0.2) is 10.9 Å². The quantitative estimate of drug-likeness (QED) is 0.288. The summed E-state index contributed by atoms with van der Waals surface area (Å²) in [5.41, 5.74) is 2.10. The number of hydrogen-bond acceptors (Lipinski definition) is 5. The number of benzene rings is 2. The topological polar surface area (TPSA) is 81.8 Å². The summed E-state index contributed by atoms with van der Waals surface area (Å²) in [4.78, 5) is 25.3. The van der Waals surface area contributed by atoms with Crippen LogP contribution in [-0.2, 0) is 24.8 Å². The van der Waals surface area contributed by atoms with Crippen molar-refractivity contribution in [1.29, 1.82) is 0 Å². The number of thioether (sulfide) groups is 1. The van der Waals surface area contributed by atoms with Crippen molar-refractivity contribution >= 4 is 51.6 Å². The molecule has 1 N–H and O–H groups in total. The van der Waals surface area contributed by atoms with Crippen molar-refractivity contribution in [3.63, 3.8) is 0 Å². The van der Waals surface area contributed by atoms with Gasteiger partial charge in [-0.25, -0.2) is 4.39 Å². The molecule has 2 aromatic carbocycles. The second-order valence-corrected chi connectivity index (χ2v) is 8.72. The fraction of sp³-hybridized carbons (Fsp3) is 0.217. The number of rotatable bonds is 8. The third-order valence-electron chi connectivity index (χ3n) is 5.21. The van der Waals surface area contributed by atoms with Crippen LogP contribution in [0.4, 0.5) is 10.1 Å². The van der Waals surface area contributed by atoms with E-state index in [1.54, 1.807) is 11.6 Å². The first-order valence-electron chi connectivity index (χ1n) is 10.2. The molecule has 0 bridgehead atoms. The highest BCUT2D eigenvalue weighted by molar-refractivity contribution is 7.99. The fourth-order valence-corrected chi connectivity index (χ4v) is 4.48. The molecule has 0 atom stereocenters. The third-order valence-corrected chi connectivity index (χ3v) is 6.52. The molecule has 0 fully saturated rings. The Morgan fingerprint density at radius 2 is 1.97 bits per heavy atom. The number of para-hydroxylation sites is 1. The van der Waals surface area contributed by atoms with Crippen molar-refractivity contribution in [2.24, 2.45) is 7.05 Å². The van der Waals surface area contributed by atoms with E-state index in [0.717, 1.165) is 17.4 Å². The van der Waals surface area contributed by atoms with Crippen LogP contribution in [0.15, 0.2) is 53.8 Å². The van der Waals surface area contributed by atoms with Crippen LogP contribution in [0, 0.1) is 5.82 Å². The molecule has 4 aromatic rings. The third kappa shape index (κ3) is 4.94. The van der Waals surface area contributed by atoms with Gasteiger partial charge >= 0.3 is 0 Å². The molecule has 4 rings (SSSR count). The maximum absolute atomic E-state index is 13.3. The number of nitrogens with zero attached hydrogens (tertiary/aromatic N) is 4. The van der Waals surface area contributed by atoms with Crippen LogP contribution in [-0.4, -0.2) is 36.8 Å². The highest BCUT2D eigenvalue weighted by atomic mass is 35.5. The molecule has 0 spiro atoms. The Morgan fingerprint density at radius 3 is 2.73 bits per heavy atom. The zero-order valence-electron chi connectivity index (χ0n) is 18.0. The molecule has 33 heavy (non-hydrogen) atoms. The monoisotopic (exact) mass is 485 g/mol. The van der Waals surface area contributed by atoms with E-state index in [0.29, 0.717) is 22.2 Å². The van der Waals surface area contributed by atoms with Gasteiger partial charge in [-0.05, 0) is 31.2 Å². The number of anilines is 1. The van der Waals surface area contributed by atoms with E-state index >= 15 is 0 Å². The van der Waals surface area contributed by atoms with Crippen LogP contribution in [0.3, 0.4) is 0 Å². The molecule has 0 unspecified atom stereocenters. The molecule has 2 aromatic heterocycles. The van der Waals surface area contributed by atoms with Gasteiger partial charge in [-0.3, -0.25) is 9.59 Å². The lowest BCUT2D eigenvalue weighted by Gasteiger charge is -2.06. The highest BCUT2D eigenvalue weighted by Crippen LogP contribution is 2.25. The summed E-state index contributed by atoms with van der Waals surface area (Å²) in [6, 6.07) is 11.8. The number of Topliss-reactive ketones (excluding diaryl/α,β-unsaturated/α-hetero) is 1. The molecular formula is C23H21ClFN5O2S. The lowest BCUT2D eigenvalue weighted by atomic mass is 10.1. The molecule has 0 radical (unpaired) electrons. The number of ketones is 1. The Balaban J connectivity index is 1.40. The molecule has 0 aliphatic heterocycles. The predicted molar refractivity (Wildman–Crippen MR) is 127 cm³/mol. The predicted octanol–water partition coefficient (Wildman–Crippen LogP) is 4.74. The number of carbonyl (C=O) groups is 2. The van der Waals surface area contributed by atoms with Crippen molar-refractivity contribution in [1.82, 2.24) is 19.3 Å². The summed E-state index contributed by atoms with van der Waals surface area (Å²) in [5.74, 6) is -0.256. The minimum atomic E-state index is -0.557. The summed E-state index contributed by atoms with van der Waals surface area (Å²) >= 11 is 7.02. The number of fused-ring (bicyclic) bond motifs is 1. The molecule has 10 heteroatoms. The van der Waals surface area contributed by atoms with Crippen LogP contribution >= 0.6 is 23.4 Å². The maximum atomic E-state index is 13.3. The first-order chi connectivity index (χ1) is 15.9. The number of aromatic nitrogens is 4. The van der Waals surface area contributed by atoms with Crippen molar-refractivity contribution < 1.29 is 14.0 Å². The average Bonchev–Trinajstić information content (AvgIpc) is 3.35. The van der Waals surface area contributed by atoms with Crippen LogP contribution in [0.1, 0.15) is 23.1 Å². The zero-order chi connectivity index (χ0) is 23.5. The van der Waals surface area contributed by atoms with E-state index in [1.165, 1.54) is 30.0 Å². The summed E-state index contributed by atoms with van der Waals surface area (Å²) in [5, 5.41) is 12.2. The number of amides is 1.